The molecular weight excluding hydrogens is 322 g/mol. The lowest BCUT2D eigenvalue weighted by Crippen LogP contribution is -2.17. The van der Waals surface area contributed by atoms with E-state index >= 15 is 0 Å². The Hall–Kier alpha value is -3.74. The zero-order valence-corrected chi connectivity index (χ0v) is 12.9. The van der Waals surface area contributed by atoms with Crippen molar-refractivity contribution >= 4 is 18.1 Å². The van der Waals surface area contributed by atoms with Gasteiger partial charge in [-0.15, -0.1) is 0 Å². The highest BCUT2D eigenvalue weighted by Crippen LogP contribution is 2.22. The maximum Gasteiger partial charge on any atom is 0.335 e. The van der Waals surface area contributed by atoms with Crippen LogP contribution in [0.3, 0.4) is 0 Å². The number of rotatable bonds is 5. The standard InChI is InChI=1S/C18H13N3O4/c22-17(13-7-9-19-10-8-13)21-20-11-15-5-6-16(25-15)12-1-3-14(4-2-12)18(23)24/h1-11H,(H,21,22)(H,23,24)/b20-11-. The molecule has 0 saturated carbocycles. The van der Waals surface area contributed by atoms with Gasteiger partial charge in [0.15, 0.2) is 0 Å². The quantitative estimate of drug-likeness (QED) is 0.551. The molecule has 0 unspecified atom stereocenters. The number of pyridine rings is 1. The van der Waals surface area contributed by atoms with E-state index in [4.69, 9.17) is 9.52 Å². The van der Waals surface area contributed by atoms with Crippen LogP contribution in [0.25, 0.3) is 11.3 Å². The van der Waals surface area contributed by atoms with E-state index < -0.39 is 5.97 Å². The second-order valence-corrected chi connectivity index (χ2v) is 5.02. The van der Waals surface area contributed by atoms with E-state index in [2.05, 4.69) is 15.5 Å². The van der Waals surface area contributed by atoms with Gasteiger partial charge in [-0.25, -0.2) is 10.2 Å². The minimum absolute atomic E-state index is 0.205. The zero-order chi connectivity index (χ0) is 17.6. The van der Waals surface area contributed by atoms with Crippen LogP contribution in [0.1, 0.15) is 26.5 Å². The van der Waals surface area contributed by atoms with Crippen LogP contribution in [-0.2, 0) is 0 Å². The predicted octanol–water partition coefficient (Wildman–Crippen LogP) is 2.80. The van der Waals surface area contributed by atoms with Crippen molar-refractivity contribution in [1.29, 1.82) is 0 Å². The van der Waals surface area contributed by atoms with Crippen molar-refractivity contribution in [3.63, 3.8) is 0 Å². The molecule has 1 aromatic carbocycles. The Morgan fingerprint density at radius 3 is 2.40 bits per heavy atom. The first-order valence-corrected chi connectivity index (χ1v) is 7.30. The lowest BCUT2D eigenvalue weighted by Gasteiger charge is -1.98. The van der Waals surface area contributed by atoms with Crippen LogP contribution in [0.4, 0.5) is 0 Å². The third kappa shape index (κ3) is 3.97. The van der Waals surface area contributed by atoms with Crippen LogP contribution in [0.5, 0.6) is 0 Å². The van der Waals surface area contributed by atoms with Gasteiger partial charge >= 0.3 is 5.97 Å². The van der Waals surface area contributed by atoms with Crippen molar-refractivity contribution in [2.45, 2.75) is 0 Å². The number of aromatic nitrogens is 1. The van der Waals surface area contributed by atoms with E-state index in [9.17, 15) is 9.59 Å². The molecule has 0 aliphatic carbocycles. The number of carboxylic acid groups (broad SMARTS) is 1. The summed E-state index contributed by atoms with van der Waals surface area (Å²) in [6.07, 6.45) is 4.42. The Morgan fingerprint density at radius 1 is 1.00 bits per heavy atom. The molecule has 0 bridgehead atoms. The summed E-state index contributed by atoms with van der Waals surface area (Å²) in [6.45, 7) is 0. The molecule has 7 nitrogen and oxygen atoms in total. The van der Waals surface area contributed by atoms with Gasteiger partial charge < -0.3 is 9.52 Å². The van der Waals surface area contributed by atoms with Crippen molar-refractivity contribution < 1.29 is 19.1 Å². The molecule has 124 valence electrons. The lowest BCUT2D eigenvalue weighted by atomic mass is 10.1. The summed E-state index contributed by atoms with van der Waals surface area (Å²) in [5, 5.41) is 12.7. The molecule has 2 heterocycles. The van der Waals surface area contributed by atoms with Gasteiger partial charge in [-0.05, 0) is 36.4 Å². The number of furan rings is 1. The first-order valence-electron chi connectivity index (χ1n) is 7.30. The van der Waals surface area contributed by atoms with E-state index in [0.717, 1.165) is 5.56 Å². The molecule has 0 atom stereocenters. The maximum atomic E-state index is 11.8. The Labute approximate surface area is 142 Å². The van der Waals surface area contributed by atoms with E-state index in [1.54, 1.807) is 36.4 Å². The SMILES string of the molecule is O=C(O)c1ccc(-c2ccc(/C=N\NC(=O)c3ccncc3)o2)cc1. The molecular formula is C18H13N3O4. The van der Waals surface area contributed by atoms with Crippen molar-refractivity contribution in [2.75, 3.05) is 0 Å². The van der Waals surface area contributed by atoms with E-state index in [1.807, 2.05) is 0 Å². The van der Waals surface area contributed by atoms with E-state index in [0.29, 0.717) is 17.1 Å². The summed E-state index contributed by atoms with van der Waals surface area (Å²) in [6, 6.07) is 12.9. The van der Waals surface area contributed by atoms with Gasteiger partial charge in [0.2, 0.25) is 0 Å². The Kier molecular flexibility index (Phi) is 4.66. The number of benzene rings is 1. The second kappa shape index (κ2) is 7.22. The smallest absolute Gasteiger partial charge is 0.335 e. The molecule has 25 heavy (non-hydrogen) atoms. The molecule has 3 rings (SSSR count). The molecule has 7 heteroatoms. The minimum atomic E-state index is -0.983. The van der Waals surface area contributed by atoms with Crippen LogP contribution in [0.2, 0.25) is 0 Å². The van der Waals surface area contributed by atoms with Gasteiger partial charge in [0, 0.05) is 23.5 Å². The fraction of sp³-hybridized carbons (Fsp3) is 0. The highest BCUT2D eigenvalue weighted by Gasteiger charge is 2.07. The molecule has 3 aromatic rings. The van der Waals surface area contributed by atoms with Crippen molar-refractivity contribution in [2.24, 2.45) is 5.10 Å². The van der Waals surface area contributed by atoms with Crippen LogP contribution >= 0.6 is 0 Å². The fourth-order valence-corrected chi connectivity index (χ4v) is 2.08. The first-order chi connectivity index (χ1) is 12.1. The molecule has 2 aromatic heterocycles. The second-order valence-electron chi connectivity index (χ2n) is 5.02. The van der Waals surface area contributed by atoms with Crippen molar-refractivity contribution in [3.05, 3.63) is 77.8 Å². The number of amides is 1. The van der Waals surface area contributed by atoms with E-state index in [-0.39, 0.29) is 11.5 Å². The summed E-state index contributed by atoms with van der Waals surface area (Å²) in [7, 11) is 0. The number of hydrogen-bond acceptors (Lipinski definition) is 5. The predicted molar refractivity (Wildman–Crippen MR) is 90.4 cm³/mol. The number of hydrogen-bond donors (Lipinski definition) is 2. The summed E-state index contributed by atoms with van der Waals surface area (Å²) in [4.78, 5) is 26.5. The third-order valence-electron chi connectivity index (χ3n) is 3.34. The van der Waals surface area contributed by atoms with Crippen molar-refractivity contribution in [1.82, 2.24) is 10.4 Å². The fourth-order valence-electron chi connectivity index (χ4n) is 2.08. The summed E-state index contributed by atoms with van der Waals surface area (Å²) in [5.74, 6) is -0.315. The summed E-state index contributed by atoms with van der Waals surface area (Å²) in [5.41, 5.74) is 3.79. The highest BCUT2D eigenvalue weighted by molar-refractivity contribution is 5.94. The maximum absolute atomic E-state index is 11.8. The zero-order valence-electron chi connectivity index (χ0n) is 12.9. The Bertz CT molecular complexity index is 915. The third-order valence-corrected chi connectivity index (χ3v) is 3.34. The number of hydrazone groups is 1. The number of carbonyl (C=O) groups is 2. The van der Waals surface area contributed by atoms with Crippen molar-refractivity contribution in [3.8, 4) is 11.3 Å². The number of carbonyl (C=O) groups excluding carboxylic acids is 1. The number of nitrogens with one attached hydrogen (secondary N) is 1. The van der Waals surface area contributed by atoms with Crippen LogP contribution in [0.15, 0.2) is 70.4 Å². The lowest BCUT2D eigenvalue weighted by molar-refractivity contribution is 0.0696. The Balaban J connectivity index is 1.65. The molecule has 0 aliphatic rings. The highest BCUT2D eigenvalue weighted by atomic mass is 16.4. The average Bonchev–Trinajstić information content (AvgIpc) is 3.11. The van der Waals surface area contributed by atoms with Gasteiger partial charge in [-0.1, -0.05) is 12.1 Å². The molecule has 0 radical (unpaired) electrons. The first kappa shape index (κ1) is 16.1. The number of nitrogens with zero attached hydrogens (tertiary/aromatic N) is 2. The monoisotopic (exact) mass is 335 g/mol. The molecule has 2 N–H and O–H groups in total. The minimum Gasteiger partial charge on any atom is -0.478 e. The van der Waals surface area contributed by atoms with Gasteiger partial charge in [0.25, 0.3) is 5.91 Å². The Morgan fingerprint density at radius 2 is 1.72 bits per heavy atom. The number of aromatic carboxylic acids is 1. The van der Waals surface area contributed by atoms with Gasteiger partial charge in [-0.2, -0.15) is 5.10 Å². The van der Waals surface area contributed by atoms with Gasteiger partial charge in [0.05, 0.1) is 11.8 Å². The van der Waals surface area contributed by atoms with Crippen LogP contribution in [0, 0.1) is 0 Å². The summed E-state index contributed by atoms with van der Waals surface area (Å²) >= 11 is 0. The molecule has 1 amide bonds. The summed E-state index contributed by atoms with van der Waals surface area (Å²) < 4.78 is 5.60. The molecule has 0 aliphatic heterocycles. The van der Waals surface area contributed by atoms with Gasteiger partial charge in [-0.3, -0.25) is 9.78 Å². The normalized spacial score (nSPS) is 10.7. The van der Waals surface area contributed by atoms with Crippen LogP contribution < -0.4 is 5.43 Å². The van der Waals surface area contributed by atoms with Crippen LogP contribution in [-0.4, -0.2) is 28.2 Å². The molecule has 0 spiro atoms. The number of carboxylic acids is 1. The molecule has 0 fully saturated rings. The van der Waals surface area contributed by atoms with E-state index in [1.165, 1.54) is 30.7 Å². The molecule has 0 saturated heterocycles. The topological polar surface area (TPSA) is 105 Å². The average molecular weight is 335 g/mol. The van der Waals surface area contributed by atoms with Gasteiger partial charge in [0.1, 0.15) is 11.5 Å². The largest absolute Gasteiger partial charge is 0.478 e.